The van der Waals surface area contributed by atoms with Crippen LogP contribution in [0.15, 0.2) is 59.6 Å². The molecule has 0 unspecified atom stereocenters. The van der Waals surface area contributed by atoms with Gasteiger partial charge in [-0.25, -0.2) is 27.3 Å². The monoisotopic (exact) mass is 582 g/mol. The number of carbonyl (C=O) groups excluding carboxylic acids is 1. The molecule has 1 aromatic heterocycles. The number of sulfonamides is 1. The zero-order valence-corrected chi connectivity index (χ0v) is 22.0. The largest absolute Gasteiger partial charge is 0.490 e. The van der Waals surface area contributed by atoms with Crippen LogP contribution in [-0.2, 0) is 19.6 Å². The first-order chi connectivity index (χ1) is 18.7. The van der Waals surface area contributed by atoms with Crippen molar-refractivity contribution in [2.45, 2.75) is 56.1 Å². The second-order valence-electron chi connectivity index (χ2n) is 8.58. The molecule has 0 bridgehead atoms. The Morgan fingerprint density at radius 3 is 2.35 bits per heavy atom. The van der Waals surface area contributed by atoms with Crippen molar-refractivity contribution in [1.82, 2.24) is 14.7 Å². The fourth-order valence-electron chi connectivity index (χ4n) is 3.44. The summed E-state index contributed by atoms with van der Waals surface area (Å²) >= 11 is 0. The van der Waals surface area contributed by atoms with Crippen LogP contribution in [0.4, 0.5) is 17.6 Å². The van der Waals surface area contributed by atoms with Gasteiger partial charge < -0.3 is 14.9 Å². The van der Waals surface area contributed by atoms with Crippen molar-refractivity contribution in [3.05, 3.63) is 71.9 Å². The molecule has 1 atom stereocenters. The third-order valence-corrected chi connectivity index (χ3v) is 6.91. The maximum atomic E-state index is 13.7. The number of unbranched alkanes of at least 4 members (excludes halogenated alkanes) is 2. The number of carboxylic acid groups (broad SMARTS) is 1. The number of carbonyl (C=O) groups is 2. The molecule has 14 heteroatoms. The molecule has 3 aromatic rings. The number of imidazole rings is 1. The van der Waals surface area contributed by atoms with Crippen molar-refractivity contribution in [3.8, 4) is 17.3 Å². The molecule has 40 heavy (non-hydrogen) atoms. The van der Waals surface area contributed by atoms with Crippen LogP contribution in [0.25, 0.3) is 11.3 Å². The molecule has 0 radical (unpaired) electrons. The van der Waals surface area contributed by atoms with Crippen LogP contribution in [0.2, 0.25) is 0 Å². The first-order valence-corrected chi connectivity index (χ1v) is 13.3. The smallest absolute Gasteiger partial charge is 0.475 e. The highest BCUT2D eigenvalue weighted by atomic mass is 32.2. The van der Waals surface area contributed by atoms with Gasteiger partial charge in [-0.1, -0.05) is 43.2 Å². The zero-order valence-electron chi connectivity index (χ0n) is 21.2. The minimum atomic E-state index is -5.08. The summed E-state index contributed by atoms with van der Waals surface area (Å²) in [6.45, 7) is 1.54. The number of Topliss-reactive ketones (excluding diaryl/α,β-unsaturated/α-hetero) is 1. The number of aliphatic carboxylic acids is 1. The van der Waals surface area contributed by atoms with Crippen LogP contribution in [0.1, 0.15) is 56.5 Å². The number of benzene rings is 2. The molecule has 2 aromatic carbocycles. The van der Waals surface area contributed by atoms with Crippen molar-refractivity contribution in [3.63, 3.8) is 0 Å². The predicted octanol–water partition coefficient (Wildman–Crippen LogP) is 5.28. The topological polar surface area (TPSA) is 153 Å². The van der Waals surface area contributed by atoms with Crippen LogP contribution < -0.4 is 4.72 Å². The van der Waals surface area contributed by atoms with Gasteiger partial charge in [0.25, 0.3) is 0 Å². The van der Waals surface area contributed by atoms with Gasteiger partial charge in [-0.15, -0.1) is 0 Å². The number of ketones is 1. The van der Waals surface area contributed by atoms with Crippen molar-refractivity contribution >= 4 is 21.8 Å². The number of hydrogen-bond donors (Lipinski definition) is 3. The summed E-state index contributed by atoms with van der Waals surface area (Å²) < 4.78 is 74.1. The molecule has 0 amide bonds. The first kappa shape index (κ1) is 32.1. The first-order valence-electron chi connectivity index (χ1n) is 11.9. The number of aromatic amines is 1. The Morgan fingerprint density at radius 1 is 1.12 bits per heavy atom. The summed E-state index contributed by atoms with van der Waals surface area (Å²) in [4.78, 5) is 27.4. The molecule has 0 spiro atoms. The number of hydrogen-bond acceptors (Lipinski definition) is 6. The number of halogens is 4. The lowest BCUT2D eigenvalue weighted by molar-refractivity contribution is -0.192. The van der Waals surface area contributed by atoms with Gasteiger partial charge in [0.15, 0.2) is 0 Å². The van der Waals surface area contributed by atoms with Gasteiger partial charge in [-0.05, 0) is 43.5 Å². The molecule has 0 aliphatic rings. The highest BCUT2D eigenvalue weighted by molar-refractivity contribution is 7.89. The van der Waals surface area contributed by atoms with Crippen LogP contribution in [0.3, 0.4) is 0 Å². The second-order valence-corrected chi connectivity index (χ2v) is 10.3. The van der Waals surface area contributed by atoms with E-state index < -0.39 is 34.0 Å². The van der Waals surface area contributed by atoms with E-state index in [9.17, 15) is 30.8 Å². The maximum absolute atomic E-state index is 13.7. The van der Waals surface area contributed by atoms with E-state index >= 15 is 0 Å². The SMILES string of the molecule is CC(=O)CCCCC[C@H](NS(=O)(=O)c1ccc(F)c(C#N)c1)c1ncc(-c2ccccc2)[nH]1.O=C(O)C(F)(F)F. The number of nitriles is 1. The van der Waals surface area contributed by atoms with E-state index in [1.54, 1.807) is 19.2 Å². The lowest BCUT2D eigenvalue weighted by Crippen LogP contribution is -2.29. The minimum absolute atomic E-state index is 0.121. The minimum Gasteiger partial charge on any atom is -0.475 e. The van der Waals surface area contributed by atoms with Gasteiger partial charge in [0.05, 0.1) is 28.4 Å². The Bertz CT molecular complexity index is 1450. The summed E-state index contributed by atoms with van der Waals surface area (Å²) in [6, 6.07) is 13.6. The summed E-state index contributed by atoms with van der Waals surface area (Å²) in [7, 11) is -4.05. The number of alkyl halides is 3. The standard InChI is InChI=1S/C24H25FN4O3S.C2HF3O2/c1-17(30)8-4-2-7-11-22(24-27-16-23(28-24)18-9-5-3-6-10-18)29-33(31,32)20-12-13-21(25)19(14-20)15-26;3-2(4,5)1(6)7/h3,5-6,9-10,12-14,16,22,29H,2,4,7-8,11H2,1H3,(H,27,28);(H,6,7)/t22-;/m0./s1. The predicted molar refractivity (Wildman–Crippen MR) is 136 cm³/mol. The average molecular weight is 583 g/mol. The van der Waals surface area contributed by atoms with Gasteiger partial charge in [0.1, 0.15) is 23.5 Å². The highest BCUT2D eigenvalue weighted by Gasteiger charge is 2.38. The van der Waals surface area contributed by atoms with Crippen LogP contribution in [0, 0.1) is 17.1 Å². The van der Waals surface area contributed by atoms with E-state index in [1.165, 1.54) is 0 Å². The summed E-state index contributed by atoms with van der Waals surface area (Å²) in [5.74, 6) is -2.97. The zero-order chi connectivity index (χ0) is 29.9. The van der Waals surface area contributed by atoms with Crippen molar-refractivity contribution in [1.29, 1.82) is 5.26 Å². The van der Waals surface area contributed by atoms with Crippen LogP contribution in [0.5, 0.6) is 0 Å². The highest BCUT2D eigenvalue weighted by Crippen LogP contribution is 2.25. The molecule has 3 rings (SSSR count). The quantitative estimate of drug-likeness (QED) is 0.205. The lowest BCUT2D eigenvalue weighted by Gasteiger charge is -2.17. The van der Waals surface area contributed by atoms with Gasteiger partial charge in [0.2, 0.25) is 10.0 Å². The number of rotatable bonds is 11. The molecule has 0 fully saturated rings. The van der Waals surface area contributed by atoms with Crippen molar-refractivity contribution in [2.24, 2.45) is 0 Å². The Hall–Kier alpha value is -4.09. The molecule has 0 aliphatic carbocycles. The van der Waals surface area contributed by atoms with E-state index in [-0.39, 0.29) is 16.2 Å². The fraction of sp³-hybridized carbons (Fsp3) is 0.308. The molecule has 0 aliphatic heterocycles. The van der Waals surface area contributed by atoms with Crippen molar-refractivity contribution < 1.29 is 40.7 Å². The van der Waals surface area contributed by atoms with E-state index in [0.29, 0.717) is 25.1 Å². The number of nitrogens with one attached hydrogen (secondary N) is 2. The molecule has 9 nitrogen and oxygen atoms in total. The van der Waals surface area contributed by atoms with Gasteiger partial charge in [-0.2, -0.15) is 18.4 Å². The molecule has 0 saturated carbocycles. The molecular formula is C26H26F4N4O5S. The molecular weight excluding hydrogens is 556 g/mol. The van der Waals surface area contributed by atoms with Crippen LogP contribution in [-0.4, -0.2) is 41.4 Å². The average Bonchev–Trinajstić information content (AvgIpc) is 3.38. The third kappa shape index (κ3) is 9.90. The maximum Gasteiger partial charge on any atom is 0.490 e. The van der Waals surface area contributed by atoms with Crippen molar-refractivity contribution in [2.75, 3.05) is 0 Å². The molecule has 214 valence electrons. The number of carboxylic acids is 1. The Balaban J connectivity index is 0.000000708. The fourth-order valence-corrected chi connectivity index (χ4v) is 4.70. The molecule has 1 heterocycles. The summed E-state index contributed by atoms with van der Waals surface area (Å²) in [6.07, 6.45) is -0.333. The normalized spacial score (nSPS) is 12.1. The van der Waals surface area contributed by atoms with E-state index in [0.717, 1.165) is 42.3 Å². The van der Waals surface area contributed by atoms with E-state index in [4.69, 9.17) is 15.2 Å². The Kier molecular flexibility index (Phi) is 11.5. The number of nitrogens with zero attached hydrogens (tertiary/aromatic N) is 2. The van der Waals surface area contributed by atoms with Gasteiger partial charge >= 0.3 is 12.1 Å². The molecule has 0 saturated heterocycles. The second kappa shape index (κ2) is 14.3. The number of H-pyrrole nitrogens is 1. The van der Waals surface area contributed by atoms with E-state index in [1.807, 2.05) is 30.3 Å². The Morgan fingerprint density at radius 2 is 1.77 bits per heavy atom. The molecule has 3 N–H and O–H groups in total. The Labute approximate surface area is 227 Å². The summed E-state index contributed by atoms with van der Waals surface area (Å²) in [5, 5.41) is 16.2. The number of aromatic nitrogens is 2. The van der Waals surface area contributed by atoms with Crippen LogP contribution >= 0.6 is 0 Å². The summed E-state index contributed by atoms with van der Waals surface area (Å²) in [5.41, 5.74) is 1.32. The van der Waals surface area contributed by atoms with Gasteiger partial charge in [-0.3, -0.25) is 0 Å². The van der Waals surface area contributed by atoms with Gasteiger partial charge in [0, 0.05) is 6.42 Å². The van der Waals surface area contributed by atoms with E-state index in [2.05, 4.69) is 14.7 Å². The third-order valence-electron chi connectivity index (χ3n) is 5.44. The lowest BCUT2D eigenvalue weighted by atomic mass is 10.1.